The van der Waals surface area contributed by atoms with Gasteiger partial charge in [0.05, 0.1) is 18.3 Å². The van der Waals surface area contributed by atoms with E-state index >= 15 is 0 Å². The van der Waals surface area contributed by atoms with E-state index in [-0.39, 0.29) is 5.82 Å². The lowest BCUT2D eigenvalue weighted by Crippen LogP contribution is -2.40. The summed E-state index contributed by atoms with van der Waals surface area (Å²) in [5.74, 6) is -0.255. The lowest BCUT2D eigenvalue weighted by molar-refractivity contribution is 0.1000. The number of hydrogen-bond donors (Lipinski definition) is 2. The van der Waals surface area contributed by atoms with Gasteiger partial charge in [-0.25, -0.2) is 9.07 Å². The summed E-state index contributed by atoms with van der Waals surface area (Å²) >= 11 is 6.50. The van der Waals surface area contributed by atoms with Gasteiger partial charge in [-0.05, 0) is 50.6 Å². The molecule has 0 spiro atoms. The number of halogens is 2. The van der Waals surface area contributed by atoms with Crippen LogP contribution in [-0.4, -0.2) is 52.1 Å². The van der Waals surface area contributed by atoms with Crippen LogP contribution in [0.25, 0.3) is 0 Å². The number of aliphatic hydroxyl groups excluding tert-OH is 1. The van der Waals surface area contributed by atoms with E-state index in [1.807, 2.05) is 6.92 Å². The fraction of sp³-hybridized carbons (Fsp3) is 0.550. The second-order valence-corrected chi connectivity index (χ2v) is 7.64. The predicted octanol–water partition coefficient (Wildman–Crippen LogP) is 2.97. The lowest BCUT2D eigenvalue weighted by atomic mass is 10.1. The van der Waals surface area contributed by atoms with Crippen LogP contribution in [-0.2, 0) is 13.1 Å². The van der Waals surface area contributed by atoms with Gasteiger partial charge in [0, 0.05) is 25.2 Å². The maximum atomic E-state index is 13.0. The number of hydrogen-bond acceptors (Lipinski definition) is 4. The van der Waals surface area contributed by atoms with Crippen molar-refractivity contribution < 1.29 is 9.50 Å². The van der Waals surface area contributed by atoms with Gasteiger partial charge in [-0.2, -0.15) is 5.10 Å². The number of benzene rings is 1. The maximum Gasteiger partial charge on any atom is 0.132 e. The van der Waals surface area contributed by atoms with Crippen molar-refractivity contribution in [3.8, 4) is 0 Å². The first-order chi connectivity index (χ1) is 13.0. The van der Waals surface area contributed by atoms with Crippen molar-refractivity contribution in [1.82, 2.24) is 20.0 Å². The average molecular weight is 395 g/mol. The first kappa shape index (κ1) is 20.3. The molecule has 5 nitrogen and oxygen atoms in total. The third-order valence-electron chi connectivity index (χ3n) is 5.03. The highest BCUT2D eigenvalue weighted by Crippen LogP contribution is 2.21. The molecular weight excluding hydrogens is 367 g/mol. The van der Waals surface area contributed by atoms with Gasteiger partial charge in [-0.3, -0.25) is 0 Å². The highest BCUT2D eigenvalue weighted by atomic mass is 35.5. The van der Waals surface area contributed by atoms with Crippen molar-refractivity contribution in [2.45, 2.75) is 45.4 Å². The number of aromatic nitrogens is 2. The van der Waals surface area contributed by atoms with Crippen molar-refractivity contribution in [3.05, 3.63) is 52.1 Å². The molecule has 0 bridgehead atoms. The second-order valence-electron chi connectivity index (χ2n) is 7.28. The summed E-state index contributed by atoms with van der Waals surface area (Å²) in [6.45, 7) is 6.38. The van der Waals surface area contributed by atoms with E-state index < -0.39 is 6.10 Å². The van der Waals surface area contributed by atoms with Crippen LogP contribution in [0.1, 0.15) is 36.1 Å². The first-order valence-electron chi connectivity index (χ1n) is 9.60. The summed E-state index contributed by atoms with van der Waals surface area (Å²) in [7, 11) is 0. The van der Waals surface area contributed by atoms with Crippen molar-refractivity contribution in [2.24, 2.45) is 0 Å². The van der Waals surface area contributed by atoms with Crippen LogP contribution in [0.5, 0.6) is 0 Å². The molecule has 27 heavy (non-hydrogen) atoms. The quantitative estimate of drug-likeness (QED) is 0.722. The number of nitrogens with one attached hydrogen (secondary N) is 1. The Labute approximate surface area is 165 Å². The SMILES string of the molecule is Cc1nn(Cc2ccc(F)cc2)c(Cl)c1CNC[C@H](O)CN1CCCCC1. The fourth-order valence-electron chi connectivity index (χ4n) is 3.53. The van der Waals surface area contributed by atoms with Crippen LogP contribution in [0.15, 0.2) is 24.3 Å². The zero-order valence-corrected chi connectivity index (χ0v) is 16.6. The topological polar surface area (TPSA) is 53.3 Å². The van der Waals surface area contributed by atoms with Crippen molar-refractivity contribution in [1.29, 1.82) is 0 Å². The van der Waals surface area contributed by atoms with Crippen LogP contribution < -0.4 is 5.32 Å². The normalized spacial score (nSPS) is 16.6. The number of rotatable bonds is 8. The van der Waals surface area contributed by atoms with Crippen molar-refractivity contribution >= 4 is 11.6 Å². The average Bonchev–Trinajstić information content (AvgIpc) is 2.92. The van der Waals surface area contributed by atoms with E-state index in [0.29, 0.717) is 31.3 Å². The smallest absolute Gasteiger partial charge is 0.132 e. The minimum Gasteiger partial charge on any atom is -0.390 e. The second kappa shape index (κ2) is 9.64. The fourth-order valence-corrected chi connectivity index (χ4v) is 3.83. The summed E-state index contributed by atoms with van der Waals surface area (Å²) in [6, 6.07) is 6.34. The number of aliphatic hydroxyl groups is 1. The third kappa shape index (κ3) is 5.75. The molecule has 0 saturated carbocycles. The molecule has 2 aromatic rings. The molecule has 3 rings (SSSR count). The molecule has 1 aromatic heterocycles. The summed E-state index contributed by atoms with van der Waals surface area (Å²) in [4.78, 5) is 2.33. The number of nitrogens with zero attached hydrogens (tertiary/aromatic N) is 3. The maximum absolute atomic E-state index is 13.0. The van der Waals surface area contributed by atoms with Crippen LogP contribution in [0, 0.1) is 12.7 Å². The molecule has 2 heterocycles. The summed E-state index contributed by atoms with van der Waals surface area (Å²) in [5, 5.41) is 18.6. The molecular formula is C20H28ClFN4O. The largest absolute Gasteiger partial charge is 0.390 e. The van der Waals surface area contributed by atoms with Crippen molar-refractivity contribution in [2.75, 3.05) is 26.2 Å². The highest BCUT2D eigenvalue weighted by molar-refractivity contribution is 6.30. The van der Waals surface area contributed by atoms with Crippen molar-refractivity contribution in [3.63, 3.8) is 0 Å². The number of β-amino-alcohol motifs (C(OH)–C–C–N with tert-alkyl or cyclic N) is 1. The Morgan fingerprint density at radius 2 is 1.93 bits per heavy atom. The lowest BCUT2D eigenvalue weighted by Gasteiger charge is -2.28. The molecule has 2 N–H and O–H groups in total. The molecule has 0 aliphatic carbocycles. The van der Waals surface area contributed by atoms with Gasteiger partial charge < -0.3 is 15.3 Å². The minimum absolute atomic E-state index is 0.255. The standard InChI is InChI=1S/C20H28ClFN4O/c1-15-19(12-23-11-18(27)14-25-9-3-2-4-10-25)20(21)26(24-15)13-16-5-7-17(22)8-6-16/h5-8,18,23,27H,2-4,9-14H2,1H3/t18-/m0/s1. The predicted molar refractivity (Wildman–Crippen MR) is 105 cm³/mol. The highest BCUT2D eigenvalue weighted by Gasteiger charge is 2.16. The Morgan fingerprint density at radius 3 is 2.63 bits per heavy atom. The van der Waals surface area contributed by atoms with Gasteiger partial charge in [0.1, 0.15) is 11.0 Å². The van der Waals surface area contributed by atoms with Gasteiger partial charge in [-0.15, -0.1) is 0 Å². The number of aryl methyl sites for hydroxylation is 1. The van der Waals surface area contributed by atoms with E-state index in [4.69, 9.17) is 11.6 Å². The zero-order valence-electron chi connectivity index (χ0n) is 15.8. The Bertz CT molecular complexity index is 728. The van der Waals surface area contributed by atoms with Gasteiger partial charge >= 0.3 is 0 Å². The molecule has 1 aliphatic heterocycles. The molecule has 1 saturated heterocycles. The van der Waals surface area contributed by atoms with Gasteiger partial charge in [0.25, 0.3) is 0 Å². The zero-order chi connectivity index (χ0) is 19.2. The Kier molecular flexibility index (Phi) is 7.24. The Hall–Kier alpha value is -1.47. The van der Waals surface area contributed by atoms with E-state index in [1.54, 1.807) is 16.8 Å². The molecule has 1 aromatic carbocycles. The molecule has 0 radical (unpaired) electrons. The van der Waals surface area contributed by atoms with Crippen LogP contribution >= 0.6 is 11.6 Å². The van der Waals surface area contributed by atoms with Crippen LogP contribution in [0.2, 0.25) is 5.15 Å². The van der Waals surface area contributed by atoms with Gasteiger partial charge in [0.15, 0.2) is 0 Å². The Balaban J connectivity index is 1.51. The monoisotopic (exact) mass is 394 g/mol. The minimum atomic E-state index is -0.392. The molecule has 1 atom stereocenters. The summed E-state index contributed by atoms with van der Waals surface area (Å²) < 4.78 is 14.8. The summed E-state index contributed by atoms with van der Waals surface area (Å²) in [6.07, 6.45) is 3.35. The molecule has 0 unspecified atom stereocenters. The molecule has 7 heteroatoms. The van der Waals surface area contributed by atoms with E-state index in [0.717, 1.165) is 29.9 Å². The molecule has 148 valence electrons. The van der Waals surface area contributed by atoms with Gasteiger partial charge in [0.2, 0.25) is 0 Å². The van der Waals surface area contributed by atoms with Crippen LogP contribution in [0.4, 0.5) is 4.39 Å². The van der Waals surface area contributed by atoms with E-state index in [2.05, 4.69) is 15.3 Å². The van der Waals surface area contributed by atoms with E-state index in [9.17, 15) is 9.50 Å². The first-order valence-corrected chi connectivity index (χ1v) is 9.98. The number of piperidine rings is 1. The van der Waals surface area contributed by atoms with Gasteiger partial charge in [-0.1, -0.05) is 30.2 Å². The number of likely N-dealkylation sites (tertiary alicyclic amines) is 1. The molecule has 1 fully saturated rings. The molecule has 0 amide bonds. The van der Waals surface area contributed by atoms with E-state index in [1.165, 1.54) is 31.4 Å². The van der Waals surface area contributed by atoms with Crippen LogP contribution in [0.3, 0.4) is 0 Å². The third-order valence-corrected chi connectivity index (χ3v) is 5.45. The summed E-state index contributed by atoms with van der Waals surface area (Å²) in [5.41, 5.74) is 2.74. The Morgan fingerprint density at radius 1 is 1.22 bits per heavy atom. The molecule has 1 aliphatic rings.